The molecule has 0 aromatic carbocycles. The molecule has 5 heteroatoms. The average molecular weight is 347 g/mol. The minimum Gasteiger partial charge on any atom is -0.519 e. The molecule has 3 nitrogen and oxygen atoms in total. The first-order chi connectivity index (χ1) is 9.42. The molecule has 0 heterocycles. The molecule has 0 spiro atoms. The Balaban J connectivity index is 4.92. The van der Waals surface area contributed by atoms with Gasteiger partial charge in [-0.3, -0.25) is 4.79 Å². The van der Waals surface area contributed by atoms with Gasteiger partial charge in [-0.25, -0.2) is 0 Å². The lowest BCUT2D eigenvalue weighted by Crippen LogP contribution is -2.48. The van der Waals surface area contributed by atoms with Crippen molar-refractivity contribution in [1.82, 2.24) is 0 Å². The molecule has 0 bridgehead atoms. The van der Waals surface area contributed by atoms with Crippen molar-refractivity contribution in [1.29, 1.82) is 0 Å². The van der Waals surface area contributed by atoms with E-state index >= 15 is 0 Å². The van der Waals surface area contributed by atoms with Crippen LogP contribution in [0.3, 0.4) is 0 Å². The van der Waals surface area contributed by atoms with Gasteiger partial charge in [0.2, 0.25) is 0 Å². The summed E-state index contributed by atoms with van der Waals surface area (Å²) >= 11 is 0. The number of rotatable bonds is 5. The van der Waals surface area contributed by atoms with E-state index < -0.39 is 16.6 Å². The first kappa shape index (κ1) is 21.9. The Labute approximate surface area is 140 Å². The molecule has 0 aliphatic rings. The Hall–Kier alpha value is -0.136. The Morgan fingerprint density at radius 3 is 1.50 bits per heavy atom. The molecular weight excluding hydrogens is 308 g/mol. The van der Waals surface area contributed by atoms with Gasteiger partial charge in [-0.2, -0.15) is 0 Å². The third-order valence-corrected chi connectivity index (χ3v) is 14.4. The summed E-state index contributed by atoms with van der Waals surface area (Å²) in [6.07, 6.45) is -0.113. The van der Waals surface area contributed by atoms with Gasteiger partial charge < -0.3 is 8.85 Å². The number of hydrogen-bond donors (Lipinski definition) is 0. The third-order valence-electron chi connectivity index (χ3n) is 5.52. The maximum absolute atomic E-state index is 12.5. The highest BCUT2D eigenvalue weighted by atomic mass is 28.4. The summed E-state index contributed by atoms with van der Waals surface area (Å²) < 4.78 is 12.3. The standard InChI is InChI=1S/C17H38O3Si2/c1-13(14(2)19-21(9,10)16(3,4)5)15(18)20-22(11,12)17(6,7)8/h13-14H,1-12H3. The lowest BCUT2D eigenvalue weighted by molar-refractivity contribution is -0.142. The molecule has 132 valence electrons. The molecule has 0 saturated heterocycles. The van der Waals surface area contributed by atoms with Gasteiger partial charge in [-0.05, 0) is 50.1 Å². The molecular formula is C17H38O3Si2. The topological polar surface area (TPSA) is 35.5 Å². The van der Waals surface area contributed by atoms with E-state index in [2.05, 4.69) is 67.7 Å². The van der Waals surface area contributed by atoms with Crippen molar-refractivity contribution in [2.24, 2.45) is 5.92 Å². The van der Waals surface area contributed by atoms with Gasteiger partial charge in [0, 0.05) is 0 Å². The molecule has 22 heavy (non-hydrogen) atoms. The third kappa shape index (κ3) is 5.50. The highest BCUT2D eigenvalue weighted by Gasteiger charge is 2.43. The Morgan fingerprint density at radius 2 is 1.18 bits per heavy atom. The van der Waals surface area contributed by atoms with E-state index in [0.29, 0.717) is 0 Å². The van der Waals surface area contributed by atoms with E-state index in [1.165, 1.54) is 0 Å². The maximum Gasteiger partial charge on any atom is 0.297 e. The summed E-state index contributed by atoms with van der Waals surface area (Å²) in [6.45, 7) is 25.6. The second-order valence-corrected chi connectivity index (χ2v) is 19.0. The molecule has 0 aliphatic carbocycles. The van der Waals surface area contributed by atoms with Crippen LogP contribution in [0, 0.1) is 5.92 Å². The lowest BCUT2D eigenvalue weighted by atomic mass is 10.1. The van der Waals surface area contributed by atoms with Crippen LogP contribution in [0.15, 0.2) is 0 Å². The van der Waals surface area contributed by atoms with Crippen LogP contribution in [0.25, 0.3) is 0 Å². The summed E-state index contributed by atoms with van der Waals surface area (Å²) in [5.41, 5.74) is 0. The summed E-state index contributed by atoms with van der Waals surface area (Å²) in [5.74, 6) is -0.346. The van der Waals surface area contributed by atoms with Crippen molar-refractivity contribution in [3.63, 3.8) is 0 Å². The van der Waals surface area contributed by atoms with Crippen LogP contribution in [0.5, 0.6) is 0 Å². The van der Waals surface area contributed by atoms with Gasteiger partial charge in [-0.1, -0.05) is 41.5 Å². The zero-order valence-corrected chi connectivity index (χ0v) is 18.9. The molecule has 0 N–H and O–H groups in total. The quantitative estimate of drug-likeness (QED) is 0.609. The minimum atomic E-state index is -2.07. The second kappa shape index (κ2) is 6.77. The normalized spacial score (nSPS) is 17.1. The van der Waals surface area contributed by atoms with Crippen molar-refractivity contribution in [2.75, 3.05) is 0 Å². The molecule has 0 aromatic heterocycles. The predicted molar refractivity (Wildman–Crippen MR) is 100 cm³/mol. The number of hydrogen-bond acceptors (Lipinski definition) is 3. The molecule has 2 atom stereocenters. The van der Waals surface area contributed by atoms with E-state index in [1.807, 2.05) is 13.8 Å². The van der Waals surface area contributed by atoms with Crippen molar-refractivity contribution in [2.45, 2.75) is 97.8 Å². The Bertz CT molecular complexity index is 390. The zero-order valence-electron chi connectivity index (χ0n) is 16.9. The van der Waals surface area contributed by atoms with Crippen molar-refractivity contribution >= 4 is 22.6 Å². The Kier molecular flexibility index (Phi) is 6.73. The molecule has 0 aromatic rings. The fraction of sp³-hybridized carbons (Fsp3) is 0.941. The first-order valence-electron chi connectivity index (χ1n) is 8.33. The molecule has 0 radical (unpaired) electrons. The van der Waals surface area contributed by atoms with Gasteiger partial charge in [-0.15, -0.1) is 0 Å². The van der Waals surface area contributed by atoms with Crippen LogP contribution in [-0.2, 0) is 13.6 Å². The molecule has 0 aliphatic heterocycles. The van der Waals surface area contributed by atoms with E-state index in [9.17, 15) is 4.79 Å². The van der Waals surface area contributed by atoms with Crippen LogP contribution < -0.4 is 0 Å². The smallest absolute Gasteiger partial charge is 0.297 e. The van der Waals surface area contributed by atoms with Crippen LogP contribution in [0.1, 0.15) is 55.4 Å². The Morgan fingerprint density at radius 1 is 0.818 bits per heavy atom. The summed E-state index contributed by atoms with van der Waals surface area (Å²) in [7, 11) is -3.93. The van der Waals surface area contributed by atoms with Gasteiger partial charge in [0.15, 0.2) is 8.32 Å². The highest BCUT2D eigenvalue weighted by molar-refractivity contribution is 6.75. The molecule has 0 amide bonds. The monoisotopic (exact) mass is 346 g/mol. The summed E-state index contributed by atoms with van der Waals surface area (Å²) in [5, 5.41) is 0.177. The van der Waals surface area contributed by atoms with Crippen molar-refractivity contribution in [3.05, 3.63) is 0 Å². The second-order valence-electron chi connectivity index (χ2n) is 9.55. The van der Waals surface area contributed by atoms with Gasteiger partial charge in [0.1, 0.15) is 0 Å². The first-order valence-corrected chi connectivity index (χ1v) is 14.1. The van der Waals surface area contributed by atoms with Crippen LogP contribution in [-0.4, -0.2) is 28.7 Å². The van der Waals surface area contributed by atoms with Crippen LogP contribution >= 0.6 is 0 Å². The summed E-state index contributed by atoms with van der Waals surface area (Å²) in [4.78, 5) is 12.5. The van der Waals surface area contributed by atoms with Crippen LogP contribution in [0.4, 0.5) is 0 Å². The highest BCUT2D eigenvalue weighted by Crippen LogP contribution is 2.39. The van der Waals surface area contributed by atoms with E-state index in [4.69, 9.17) is 8.85 Å². The van der Waals surface area contributed by atoms with Gasteiger partial charge >= 0.3 is 0 Å². The van der Waals surface area contributed by atoms with Gasteiger partial charge in [0.05, 0.1) is 12.0 Å². The average Bonchev–Trinajstić information content (AvgIpc) is 2.23. The zero-order chi connectivity index (χ0) is 18.1. The lowest BCUT2D eigenvalue weighted by Gasteiger charge is -2.40. The fourth-order valence-electron chi connectivity index (χ4n) is 1.43. The largest absolute Gasteiger partial charge is 0.519 e. The van der Waals surface area contributed by atoms with E-state index in [-0.39, 0.29) is 28.1 Å². The molecule has 0 fully saturated rings. The predicted octanol–water partition coefficient (Wildman–Crippen LogP) is 5.58. The maximum atomic E-state index is 12.5. The summed E-state index contributed by atoms with van der Waals surface area (Å²) in [6, 6.07) is 0. The van der Waals surface area contributed by atoms with Crippen molar-refractivity contribution < 1.29 is 13.6 Å². The van der Waals surface area contributed by atoms with Crippen LogP contribution in [0.2, 0.25) is 36.3 Å². The molecule has 0 rings (SSSR count). The molecule has 2 unspecified atom stereocenters. The fourth-order valence-corrected chi connectivity index (χ4v) is 3.91. The number of carbonyl (C=O) groups excluding carboxylic acids is 1. The minimum absolute atomic E-state index is 0.0336. The van der Waals surface area contributed by atoms with Crippen molar-refractivity contribution in [3.8, 4) is 0 Å². The van der Waals surface area contributed by atoms with E-state index in [0.717, 1.165) is 0 Å². The van der Waals surface area contributed by atoms with Gasteiger partial charge in [0.25, 0.3) is 14.3 Å². The van der Waals surface area contributed by atoms with E-state index in [1.54, 1.807) is 0 Å². The number of carbonyl (C=O) groups is 1. The SMILES string of the molecule is CC(O[Si](C)(C)C(C)(C)C)C(C)C(=O)O[Si](C)(C)C(C)(C)C. The molecule has 0 saturated carbocycles.